The van der Waals surface area contributed by atoms with Gasteiger partial charge in [-0.2, -0.15) is 0 Å². The highest BCUT2D eigenvalue weighted by Crippen LogP contribution is 2.36. The van der Waals surface area contributed by atoms with E-state index in [1.54, 1.807) is 23.3 Å². The van der Waals surface area contributed by atoms with Crippen LogP contribution in [0.3, 0.4) is 0 Å². The van der Waals surface area contributed by atoms with E-state index in [1.807, 2.05) is 12.1 Å². The molecule has 0 aliphatic carbocycles. The number of carbonyl (C=O) groups is 1. The van der Waals surface area contributed by atoms with Crippen molar-refractivity contribution in [3.63, 3.8) is 0 Å². The van der Waals surface area contributed by atoms with Gasteiger partial charge in [0.1, 0.15) is 11.3 Å². The van der Waals surface area contributed by atoms with Gasteiger partial charge in [0.2, 0.25) is 5.91 Å². The fourth-order valence-corrected chi connectivity index (χ4v) is 6.14. The van der Waals surface area contributed by atoms with Crippen molar-refractivity contribution in [2.24, 2.45) is 0 Å². The number of sulfone groups is 1. The number of halogens is 1. The van der Waals surface area contributed by atoms with E-state index < -0.39 is 9.84 Å². The Kier molecular flexibility index (Phi) is 6.60. The number of nitrogens with zero attached hydrogens (tertiary/aromatic N) is 3. The second-order valence-electron chi connectivity index (χ2n) is 7.65. The Morgan fingerprint density at radius 1 is 1.12 bits per heavy atom. The number of piperazine rings is 1. The molecule has 0 unspecified atom stereocenters. The van der Waals surface area contributed by atoms with Gasteiger partial charge in [-0.05, 0) is 42.8 Å². The molecule has 0 saturated carbocycles. The predicted molar refractivity (Wildman–Crippen MR) is 128 cm³/mol. The highest BCUT2D eigenvalue weighted by Gasteiger charge is 2.25. The molecule has 170 valence electrons. The van der Waals surface area contributed by atoms with E-state index in [4.69, 9.17) is 21.3 Å². The number of benzene rings is 2. The number of hydrogen-bond donors (Lipinski definition) is 0. The normalized spacial score (nSPS) is 14.7. The fourth-order valence-electron chi connectivity index (χ4n) is 3.69. The lowest BCUT2D eigenvalue weighted by Crippen LogP contribution is -2.49. The van der Waals surface area contributed by atoms with Crippen LogP contribution in [-0.4, -0.2) is 63.3 Å². The lowest BCUT2D eigenvalue weighted by molar-refractivity contribution is -0.131. The van der Waals surface area contributed by atoms with Crippen molar-refractivity contribution in [1.29, 1.82) is 0 Å². The first-order valence-corrected chi connectivity index (χ1v) is 13.1. The maximum absolute atomic E-state index is 12.6. The van der Waals surface area contributed by atoms with Crippen LogP contribution >= 0.6 is 22.9 Å². The van der Waals surface area contributed by atoms with E-state index in [0.29, 0.717) is 31.2 Å². The van der Waals surface area contributed by atoms with E-state index in [-0.39, 0.29) is 23.0 Å². The number of carbonyl (C=O) groups excluding carboxylic acids is 1. The molecule has 7 nitrogen and oxygen atoms in total. The molecule has 0 spiro atoms. The van der Waals surface area contributed by atoms with Crippen molar-refractivity contribution in [3.05, 3.63) is 47.0 Å². The largest absolute Gasteiger partial charge is 0.494 e. The van der Waals surface area contributed by atoms with E-state index >= 15 is 0 Å². The molecule has 0 radical (unpaired) electrons. The first-order chi connectivity index (χ1) is 15.3. The standard InChI is InChI=1S/C22H24ClN3O4S2/c1-15-3-8-18(30-2)20-21(15)31-22(24-20)26-12-10-25(11-13-26)19(27)9-14-32(28,29)17-6-4-16(23)5-7-17/h3-8H,9-14H2,1-2H3. The zero-order valence-corrected chi connectivity index (χ0v) is 20.3. The second-order valence-corrected chi connectivity index (χ2v) is 11.2. The molecule has 32 heavy (non-hydrogen) atoms. The summed E-state index contributed by atoms with van der Waals surface area (Å²) in [5.74, 6) is 0.387. The molecular weight excluding hydrogens is 470 g/mol. The molecule has 2 heterocycles. The molecule has 1 saturated heterocycles. The zero-order valence-electron chi connectivity index (χ0n) is 17.9. The minimum Gasteiger partial charge on any atom is -0.494 e. The van der Waals surface area contributed by atoms with Crippen LogP contribution in [0.5, 0.6) is 5.75 Å². The van der Waals surface area contributed by atoms with Crippen molar-refractivity contribution in [2.45, 2.75) is 18.2 Å². The SMILES string of the molecule is COc1ccc(C)c2sc(N3CCN(C(=O)CCS(=O)(=O)c4ccc(Cl)cc4)CC3)nc12. The maximum atomic E-state index is 12.6. The third-order valence-electron chi connectivity index (χ3n) is 5.57. The Bertz CT molecular complexity index is 1230. The number of fused-ring (bicyclic) bond motifs is 1. The van der Waals surface area contributed by atoms with Crippen molar-refractivity contribution >= 4 is 54.0 Å². The number of aromatic nitrogens is 1. The Balaban J connectivity index is 1.36. The van der Waals surface area contributed by atoms with Gasteiger partial charge in [-0.15, -0.1) is 0 Å². The summed E-state index contributed by atoms with van der Waals surface area (Å²) >= 11 is 7.45. The summed E-state index contributed by atoms with van der Waals surface area (Å²) in [5, 5.41) is 1.38. The molecule has 1 aliphatic rings. The molecule has 2 aromatic carbocycles. The van der Waals surface area contributed by atoms with Gasteiger partial charge in [-0.25, -0.2) is 13.4 Å². The van der Waals surface area contributed by atoms with Crippen LogP contribution in [0.1, 0.15) is 12.0 Å². The number of thiazole rings is 1. The average molecular weight is 494 g/mol. The van der Waals surface area contributed by atoms with Crippen LogP contribution < -0.4 is 9.64 Å². The van der Waals surface area contributed by atoms with Gasteiger partial charge in [0.25, 0.3) is 0 Å². The lowest BCUT2D eigenvalue weighted by atomic mass is 10.2. The Morgan fingerprint density at radius 2 is 1.81 bits per heavy atom. The smallest absolute Gasteiger partial charge is 0.223 e. The van der Waals surface area contributed by atoms with Crippen LogP contribution in [0.25, 0.3) is 10.2 Å². The number of hydrogen-bond acceptors (Lipinski definition) is 7. The molecule has 0 bridgehead atoms. The molecule has 0 atom stereocenters. The fraction of sp³-hybridized carbons (Fsp3) is 0.364. The van der Waals surface area contributed by atoms with Gasteiger partial charge >= 0.3 is 0 Å². The van der Waals surface area contributed by atoms with E-state index in [0.717, 1.165) is 26.7 Å². The summed E-state index contributed by atoms with van der Waals surface area (Å²) in [5.41, 5.74) is 2.01. The highest BCUT2D eigenvalue weighted by molar-refractivity contribution is 7.91. The molecular formula is C22H24ClN3O4S2. The summed E-state index contributed by atoms with van der Waals surface area (Å²) in [6, 6.07) is 9.96. The van der Waals surface area contributed by atoms with Gasteiger partial charge in [0.15, 0.2) is 15.0 Å². The summed E-state index contributed by atoms with van der Waals surface area (Å²) in [4.78, 5) is 21.5. The molecule has 1 fully saturated rings. The predicted octanol–water partition coefficient (Wildman–Crippen LogP) is 3.78. The maximum Gasteiger partial charge on any atom is 0.223 e. The van der Waals surface area contributed by atoms with Crippen molar-refractivity contribution in [3.8, 4) is 5.75 Å². The van der Waals surface area contributed by atoms with Gasteiger partial charge in [0.05, 0.1) is 22.5 Å². The number of rotatable bonds is 6. The average Bonchev–Trinajstić information content (AvgIpc) is 3.25. The molecule has 1 aliphatic heterocycles. The Morgan fingerprint density at radius 3 is 2.47 bits per heavy atom. The minimum absolute atomic E-state index is 0.0392. The summed E-state index contributed by atoms with van der Waals surface area (Å²) in [6.07, 6.45) is -0.0392. The number of amides is 1. The third-order valence-corrected chi connectivity index (χ3v) is 8.81. The molecule has 4 rings (SSSR count). The van der Waals surface area contributed by atoms with Gasteiger partial charge < -0.3 is 14.5 Å². The summed E-state index contributed by atoms with van der Waals surface area (Å²) < 4.78 is 31.5. The summed E-state index contributed by atoms with van der Waals surface area (Å²) in [6.45, 7) is 4.42. The van der Waals surface area contributed by atoms with Crippen LogP contribution in [0, 0.1) is 6.92 Å². The zero-order chi connectivity index (χ0) is 22.9. The number of aryl methyl sites for hydroxylation is 1. The van der Waals surface area contributed by atoms with E-state index in [9.17, 15) is 13.2 Å². The monoisotopic (exact) mass is 493 g/mol. The van der Waals surface area contributed by atoms with E-state index in [2.05, 4.69) is 11.8 Å². The number of ether oxygens (including phenoxy) is 1. The first kappa shape index (κ1) is 22.8. The molecule has 10 heteroatoms. The van der Waals surface area contributed by atoms with Crippen LogP contribution in [0.2, 0.25) is 5.02 Å². The molecule has 1 aromatic heterocycles. The third kappa shape index (κ3) is 4.69. The number of anilines is 1. The van der Waals surface area contributed by atoms with Crippen LogP contribution in [-0.2, 0) is 14.6 Å². The lowest BCUT2D eigenvalue weighted by Gasteiger charge is -2.34. The van der Waals surface area contributed by atoms with Crippen LogP contribution in [0.15, 0.2) is 41.3 Å². The number of methoxy groups -OCH3 is 1. The van der Waals surface area contributed by atoms with Gasteiger partial charge in [0, 0.05) is 37.6 Å². The molecule has 1 amide bonds. The second kappa shape index (κ2) is 9.25. The topological polar surface area (TPSA) is 79.8 Å². The molecule has 0 N–H and O–H groups in total. The first-order valence-electron chi connectivity index (χ1n) is 10.2. The van der Waals surface area contributed by atoms with Gasteiger partial charge in [-0.1, -0.05) is 29.0 Å². The van der Waals surface area contributed by atoms with Gasteiger partial charge in [-0.3, -0.25) is 4.79 Å². The quantitative estimate of drug-likeness (QED) is 0.520. The Labute approximate surface area is 196 Å². The van der Waals surface area contributed by atoms with Crippen molar-refractivity contribution < 1.29 is 17.9 Å². The van der Waals surface area contributed by atoms with Crippen LogP contribution in [0.4, 0.5) is 5.13 Å². The minimum atomic E-state index is -3.53. The summed E-state index contributed by atoms with van der Waals surface area (Å²) in [7, 11) is -1.89. The van der Waals surface area contributed by atoms with Crippen molar-refractivity contribution in [2.75, 3.05) is 43.9 Å². The Hall–Kier alpha value is -2.36. The van der Waals surface area contributed by atoms with Crippen molar-refractivity contribution in [1.82, 2.24) is 9.88 Å². The van der Waals surface area contributed by atoms with E-state index in [1.165, 1.54) is 24.3 Å². The highest BCUT2D eigenvalue weighted by atomic mass is 35.5. The molecule has 3 aromatic rings.